The van der Waals surface area contributed by atoms with Crippen LogP contribution in [-0.4, -0.2) is 46.5 Å². The average Bonchev–Trinajstić information content (AvgIpc) is 3.14. The molecule has 2 atom stereocenters. The molecule has 3 rings (SSSR count). The van der Waals surface area contributed by atoms with Crippen molar-refractivity contribution in [2.24, 2.45) is 5.92 Å². The quantitative estimate of drug-likeness (QED) is 0.878. The maximum absolute atomic E-state index is 9.67. The van der Waals surface area contributed by atoms with Crippen LogP contribution in [0, 0.1) is 12.8 Å². The van der Waals surface area contributed by atoms with Crippen molar-refractivity contribution in [3.05, 3.63) is 41.5 Å². The van der Waals surface area contributed by atoms with Crippen LogP contribution in [0.25, 0.3) is 0 Å². The van der Waals surface area contributed by atoms with Gasteiger partial charge in [0.1, 0.15) is 5.75 Å². The van der Waals surface area contributed by atoms with Crippen LogP contribution in [0.1, 0.15) is 30.1 Å². The maximum Gasteiger partial charge on any atom is 0.231 e. The molecule has 0 radical (unpaired) electrons. The molecule has 2 aromatic rings. The summed E-state index contributed by atoms with van der Waals surface area (Å²) in [5.74, 6) is 2.39. The minimum absolute atomic E-state index is 0.0938. The molecule has 124 valence electrons. The fourth-order valence-corrected chi connectivity index (χ4v) is 3.18. The first-order valence-electron chi connectivity index (χ1n) is 8.04. The minimum atomic E-state index is 0.0938. The van der Waals surface area contributed by atoms with Crippen molar-refractivity contribution in [1.82, 2.24) is 15.0 Å². The first-order valence-corrected chi connectivity index (χ1v) is 8.04. The monoisotopic (exact) mass is 317 g/mol. The van der Waals surface area contributed by atoms with E-state index in [4.69, 9.17) is 9.26 Å². The van der Waals surface area contributed by atoms with Gasteiger partial charge in [-0.3, -0.25) is 4.90 Å². The van der Waals surface area contributed by atoms with Crippen LogP contribution in [0.15, 0.2) is 28.8 Å². The van der Waals surface area contributed by atoms with Crippen LogP contribution in [0.3, 0.4) is 0 Å². The predicted octanol–water partition coefficient (Wildman–Crippen LogP) is 1.98. The summed E-state index contributed by atoms with van der Waals surface area (Å²) in [7, 11) is 0. The molecular weight excluding hydrogens is 294 g/mol. The van der Waals surface area contributed by atoms with Crippen molar-refractivity contribution in [2.45, 2.75) is 26.3 Å². The van der Waals surface area contributed by atoms with E-state index in [0.29, 0.717) is 18.3 Å². The van der Waals surface area contributed by atoms with Gasteiger partial charge in [0, 0.05) is 32.2 Å². The van der Waals surface area contributed by atoms with Crippen LogP contribution in [0.2, 0.25) is 0 Å². The van der Waals surface area contributed by atoms with Gasteiger partial charge in [0.05, 0.1) is 12.5 Å². The van der Waals surface area contributed by atoms with E-state index in [-0.39, 0.29) is 18.4 Å². The Bertz CT molecular complexity index is 644. The van der Waals surface area contributed by atoms with Crippen molar-refractivity contribution in [2.75, 3.05) is 26.3 Å². The molecule has 1 fully saturated rings. The van der Waals surface area contributed by atoms with E-state index in [0.717, 1.165) is 25.4 Å². The van der Waals surface area contributed by atoms with E-state index >= 15 is 0 Å². The number of hydrogen-bond donors (Lipinski definition) is 1. The number of ether oxygens (including phenoxy) is 1. The van der Waals surface area contributed by atoms with Crippen LogP contribution in [0.5, 0.6) is 5.75 Å². The SMILES string of the molecule is CCOc1cccc(CN2C[C@@H](CO)[C@H](c3nc(C)no3)C2)c1. The summed E-state index contributed by atoms with van der Waals surface area (Å²) < 4.78 is 10.9. The van der Waals surface area contributed by atoms with Crippen molar-refractivity contribution in [3.8, 4) is 5.75 Å². The fraction of sp³-hybridized carbons (Fsp3) is 0.529. The van der Waals surface area contributed by atoms with Gasteiger partial charge in [-0.1, -0.05) is 17.3 Å². The van der Waals surface area contributed by atoms with Gasteiger partial charge in [-0.2, -0.15) is 4.98 Å². The van der Waals surface area contributed by atoms with Crippen molar-refractivity contribution in [3.63, 3.8) is 0 Å². The highest BCUT2D eigenvalue weighted by molar-refractivity contribution is 5.28. The number of hydrogen-bond acceptors (Lipinski definition) is 6. The third-order valence-corrected chi connectivity index (χ3v) is 4.23. The van der Waals surface area contributed by atoms with Gasteiger partial charge in [-0.05, 0) is 31.5 Å². The van der Waals surface area contributed by atoms with Gasteiger partial charge in [0.15, 0.2) is 5.82 Å². The zero-order chi connectivity index (χ0) is 16.2. The predicted molar refractivity (Wildman–Crippen MR) is 85.2 cm³/mol. The second kappa shape index (κ2) is 7.10. The Hall–Kier alpha value is -1.92. The highest BCUT2D eigenvalue weighted by Crippen LogP contribution is 2.32. The van der Waals surface area contributed by atoms with Gasteiger partial charge < -0.3 is 14.4 Å². The second-order valence-electron chi connectivity index (χ2n) is 6.00. The molecule has 2 heterocycles. The van der Waals surface area contributed by atoms with Gasteiger partial charge in [-0.25, -0.2) is 0 Å². The van der Waals surface area contributed by atoms with E-state index in [2.05, 4.69) is 27.2 Å². The smallest absolute Gasteiger partial charge is 0.231 e. The van der Waals surface area contributed by atoms with E-state index in [1.54, 1.807) is 0 Å². The van der Waals surface area contributed by atoms with Gasteiger partial charge in [0.2, 0.25) is 5.89 Å². The summed E-state index contributed by atoms with van der Waals surface area (Å²) >= 11 is 0. The Morgan fingerprint density at radius 3 is 2.96 bits per heavy atom. The van der Waals surface area contributed by atoms with E-state index in [1.807, 2.05) is 26.0 Å². The third-order valence-electron chi connectivity index (χ3n) is 4.23. The lowest BCUT2D eigenvalue weighted by molar-refractivity contribution is 0.204. The van der Waals surface area contributed by atoms with Crippen molar-refractivity contribution in [1.29, 1.82) is 0 Å². The molecule has 23 heavy (non-hydrogen) atoms. The number of aryl methyl sites for hydroxylation is 1. The molecule has 1 aromatic carbocycles. The molecule has 1 aromatic heterocycles. The Kier molecular flexibility index (Phi) is 4.93. The van der Waals surface area contributed by atoms with E-state index < -0.39 is 0 Å². The molecule has 0 saturated carbocycles. The first kappa shape index (κ1) is 16.0. The molecule has 0 aliphatic carbocycles. The second-order valence-corrected chi connectivity index (χ2v) is 6.00. The van der Waals surface area contributed by atoms with Crippen LogP contribution in [0.4, 0.5) is 0 Å². The molecule has 6 heteroatoms. The Morgan fingerprint density at radius 1 is 1.39 bits per heavy atom. The molecule has 1 N–H and O–H groups in total. The molecule has 0 amide bonds. The van der Waals surface area contributed by atoms with Crippen molar-refractivity contribution >= 4 is 0 Å². The highest BCUT2D eigenvalue weighted by atomic mass is 16.5. The van der Waals surface area contributed by atoms with Gasteiger partial charge >= 0.3 is 0 Å². The summed E-state index contributed by atoms with van der Waals surface area (Å²) in [6.07, 6.45) is 0. The fourth-order valence-electron chi connectivity index (χ4n) is 3.18. The summed E-state index contributed by atoms with van der Waals surface area (Å²) in [5.41, 5.74) is 1.20. The van der Waals surface area contributed by atoms with Crippen LogP contribution in [-0.2, 0) is 6.54 Å². The number of rotatable bonds is 6. The summed E-state index contributed by atoms with van der Waals surface area (Å²) in [5, 5.41) is 13.5. The zero-order valence-corrected chi connectivity index (χ0v) is 13.6. The lowest BCUT2D eigenvalue weighted by Crippen LogP contribution is -2.20. The summed E-state index contributed by atoms with van der Waals surface area (Å²) in [4.78, 5) is 6.65. The van der Waals surface area contributed by atoms with E-state index in [1.165, 1.54) is 5.56 Å². The standard InChI is InChI=1S/C17H23N3O3/c1-3-22-15-6-4-5-13(7-15)8-20-9-14(11-21)16(10-20)17-18-12(2)19-23-17/h4-7,14,16,21H,3,8-11H2,1-2H3/t14-,16+/m0/s1. The molecule has 0 spiro atoms. The zero-order valence-electron chi connectivity index (χ0n) is 13.6. The van der Waals surface area contributed by atoms with Crippen LogP contribution >= 0.6 is 0 Å². The lowest BCUT2D eigenvalue weighted by atomic mass is 9.97. The first-order chi connectivity index (χ1) is 11.2. The minimum Gasteiger partial charge on any atom is -0.494 e. The molecule has 0 unspecified atom stereocenters. The Balaban J connectivity index is 1.69. The number of aliphatic hydroxyl groups excluding tert-OH is 1. The maximum atomic E-state index is 9.67. The van der Waals surface area contributed by atoms with Crippen LogP contribution < -0.4 is 4.74 Å². The lowest BCUT2D eigenvalue weighted by Gasteiger charge is -2.16. The average molecular weight is 317 g/mol. The number of benzene rings is 1. The van der Waals surface area contributed by atoms with Gasteiger partial charge in [0.25, 0.3) is 0 Å². The van der Waals surface area contributed by atoms with E-state index in [9.17, 15) is 5.11 Å². The summed E-state index contributed by atoms with van der Waals surface area (Å²) in [6, 6.07) is 8.15. The molecule has 1 aliphatic rings. The number of likely N-dealkylation sites (tertiary alicyclic amines) is 1. The number of nitrogens with zero attached hydrogens (tertiary/aromatic N) is 3. The molecular formula is C17H23N3O3. The largest absolute Gasteiger partial charge is 0.494 e. The number of aromatic nitrogens is 2. The third kappa shape index (κ3) is 3.71. The Labute approximate surface area is 136 Å². The molecule has 1 saturated heterocycles. The summed E-state index contributed by atoms with van der Waals surface area (Å²) in [6.45, 7) is 7.04. The number of aliphatic hydroxyl groups is 1. The normalized spacial score (nSPS) is 21.7. The van der Waals surface area contributed by atoms with Gasteiger partial charge in [-0.15, -0.1) is 0 Å². The molecule has 1 aliphatic heterocycles. The topological polar surface area (TPSA) is 71.6 Å². The molecule has 6 nitrogen and oxygen atoms in total. The Morgan fingerprint density at radius 2 is 2.26 bits per heavy atom. The molecule has 0 bridgehead atoms. The highest BCUT2D eigenvalue weighted by Gasteiger charge is 2.36. The van der Waals surface area contributed by atoms with Crippen molar-refractivity contribution < 1.29 is 14.4 Å².